The number of aromatic carboxylic acids is 1. The molecular weight excluding hydrogens is 459 g/mol. The van der Waals surface area contributed by atoms with Crippen molar-refractivity contribution in [3.8, 4) is 11.5 Å². The lowest BCUT2D eigenvalue weighted by molar-refractivity contribution is 0.0692. The van der Waals surface area contributed by atoms with E-state index in [4.69, 9.17) is 32.7 Å². The first kappa shape index (κ1) is 23.1. The van der Waals surface area contributed by atoms with Crippen LogP contribution in [-0.2, 0) is 6.54 Å². The summed E-state index contributed by atoms with van der Waals surface area (Å²) in [6, 6.07) is 9.67. The summed E-state index contributed by atoms with van der Waals surface area (Å²) in [7, 11) is 2.73. The van der Waals surface area contributed by atoms with Crippen LogP contribution in [0, 0.1) is 0 Å². The van der Waals surface area contributed by atoms with Gasteiger partial charge in [-0.2, -0.15) is 10.2 Å². The number of hydrazone groups is 1. The van der Waals surface area contributed by atoms with Crippen molar-refractivity contribution in [1.29, 1.82) is 0 Å². The van der Waals surface area contributed by atoms with E-state index in [-0.39, 0.29) is 28.3 Å². The predicted octanol–water partition coefficient (Wildman–Crippen LogP) is 3.72. The Labute approximate surface area is 193 Å². The van der Waals surface area contributed by atoms with Crippen LogP contribution in [-0.4, -0.2) is 47.2 Å². The zero-order chi connectivity index (χ0) is 23.3. The Morgan fingerprint density at radius 2 is 1.97 bits per heavy atom. The van der Waals surface area contributed by atoms with Gasteiger partial charge in [0.15, 0.2) is 17.2 Å². The molecule has 3 rings (SSSR count). The Morgan fingerprint density at radius 1 is 1.19 bits per heavy atom. The molecule has 1 aromatic heterocycles. The number of rotatable bonds is 8. The number of aromatic nitrogens is 2. The van der Waals surface area contributed by atoms with E-state index < -0.39 is 11.9 Å². The minimum absolute atomic E-state index is 0.0508. The first-order valence-electron chi connectivity index (χ1n) is 9.13. The van der Waals surface area contributed by atoms with Crippen molar-refractivity contribution in [1.82, 2.24) is 15.2 Å². The highest BCUT2D eigenvalue weighted by Gasteiger charge is 2.20. The third-order valence-corrected chi connectivity index (χ3v) is 4.97. The van der Waals surface area contributed by atoms with Gasteiger partial charge in [-0.15, -0.1) is 0 Å². The highest BCUT2D eigenvalue weighted by Crippen LogP contribution is 2.32. The van der Waals surface area contributed by atoms with Crippen LogP contribution in [0.25, 0.3) is 0 Å². The van der Waals surface area contributed by atoms with Crippen molar-refractivity contribution in [3.63, 3.8) is 0 Å². The summed E-state index contributed by atoms with van der Waals surface area (Å²) in [5.41, 5.74) is 3.31. The molecule has 1 amide bonds. The summed E-state index contributed by atoms with van der Waals surface area (Å²) in [5.74, 6) is -1.49. The number of carboxylic acid groups (broad SMARTS) is 1. The van der Waals surface area contributed by atoms with E-state index in [0.29, 0.717) is 16.6 Å². The van der Waals surface area contributed by atoms with Crippen LogP contribution in [0.5, 0.6) is 11.5 Å². The van der Waals surface area contributed by atoms with Gasteiger partial charge in [-0.25, -0.2) is 10.2 Å². The lowest BCUT2D eigenvalue weighted by Gasteiger charge is -2.12. The van der Waals surface area contributed by atoms with E-state index in [1.165, 1.54) is 38.6 Å². The monoisotopic (exact) mass is 476 g/mol. The quantitative estimate of drug-likeness (QED) is 0.378. The van der Waals surface area contributed by atoms with E-state index in [9.17, 15) is 14.7 Å². The van der Waals surface area contributed by atoms with E-state index in [2.05, 4.69) is 15.6 Å². The number of carbonyl (C=O) groups is 2. The fourth-order valence-electron chi connectivity index (χ4n) is 2.88. The molecule has 166 valence electrons. The largest absolute Gasteiger partial charge is 0.493 e. The third kappa shape index (κ3) is 5.19. The molecule has 32 heavy (non-hydrogen) atoms. The van der Waals surface area contributed by atoms with Gasteiger partial charge in [-0.1, -0.05) is 29.3 Å². The number of ether oxygens (including phenoxy) is 2. The van der Waals surface area contributed by atoms with Gasteiger partial charge in [0.2, 0.25) is 0 Å². The van der Waals surface area contributed by atoms with Crippen LogP contribution >= 0.6 is 23.2 Å². The number of carboxylic acids is 1. The van der Waals surface area contributed by atoms with Gasteiger partial charge < -0.3 is 14.6 Å². The summed E-state index contributed by atoms with van der Waals surface area (Å²) in [6.07, 6.45) is 2.83. The Hall–Kier alpha value is -3.56. The zero-order valence-electron chi connectivity index (χ0n) is 17.0. The Bertz CT molecular complexity index is 1190. The summed E-state index contributed by atoms with van der Waals surface area (Å²) >= 11 is 12.1. The number of halogens is 2. The van der Waals surface area contributed by atoms with Crippen molar-refractivity contribution >= 4 is 41.3 Å². The minimum Gasteiger partial charge on any atom is -0.493 e. The maximum Gasteiger partial charge on any atom is 0.340 e. The Balaban J connectivity index is 1.72. The van der Waals surface area contributed by atoms with Crippen molar-refractivity contribution in [2.24, 2.45) is 5.10 Å². The van der Waals surface area contributed by atoms with Gasteiger partial charge in [0.05, 0.1) is 27.0 Å². The molecule has 0 bridgehead atoms. The highest BCUT2D eigenvalue weighted by atomic mass is 35.5. The molecule has 11 heteroatoms. The average Bonchev–Trinajstić information content (AvgIpc) is 3.23. The molecule has 0 aliphatic rings. The molecule has 0 radical (unpaired) electrons. The molecule has 0 fully saturated rings. The van der Waals surface area contributed by atoms with Gasteiger partial charge in [-0.05, 0) is 35.9 Å². The van der Waals surface area contributed by atoms with Crippen LogP contribution < -0.4 is 14.9 Å². The summed E-state index contributed by atoms with van der Waals surface area (Å²) in [4.78, 5) is 24.0. The fraction of sp³-hybridized carbons (Fsp3) is 0.143. The van der Waals surface area contributed by atoms with Gasteiger partial charge in [0, 0.05) is 21.8 Å². The Kier molecular flexibility index (Phi) is 7.34. The maximum atomic E-state index is 12.3. The van der Waals surface area contributed by atoms with E-state index in [0.717, 1.165) is 5.56 Å². The number of nitrogens with one attached hydrogen (secondary N) is 1. The smallest absolute Gasteiger partial charge is 0.340 e. The highest BCUT2D eigenvalue weighted by molar-refractivity contribution is 6.35. The van der Waals surface area contributed by atoms with Gasteiger partial charge >= 0.3 is 5.97 Å². The van der Waals surface area contributed by atoms with Crippen LogP contribution in [0.15, 0.2) is 47.7 Å². The molecule has 0 atom stereocenters. The maximum absolute atomic E-state index is 12.3. The van der Waals surface area contributed by atoms with Gasteiger partial charge in [0.1, 0.15) is 5.56 Å². The lowest BCUT2D eigenvalue weighted by Crippen LogP contribution is -2.19. The fourth-order valence-corrected chi connectivity index (χ4v) is 3.35. The normalized spacial score (nSPS) is 10.9. The second-order valence-electron chi connectivity index (χ2n) is 6.40. The van der Waals surface area contributed by atoms with Crippen molar-refractivity contribution in [2.75, 3.05) is 14.2 Å². The lowest BCUT2D eigenvalue weighted by atomic mass is 10.1. The first-order chi connectivity index (χ1) is 15.3. The molecule has 2 aromatic carbocycles. The zero-order valence-corrected chi connectivity index (χ0v) is 18.5. The minimum atomic E-state index is -1.23. The van der Waals surface area contributed by atoms with E-state index >= 15 is 0 Å². The number of hydrogen-bond donors (Lipinski definition) is 2. The second kappa shape index (κ2) is 10.2. The average molecular weight is 477 g/mol. The molecule has 0 aliphatic heterocycles. The number of methoxy groups -OCH3 is 2. The predicted molar refractivity (Wildman–Crippen MR) is 119 cm³/mol. The molecule has 0 saturated heterocycles. The van der Waals surface area contributed by atoms with Crippen LogP contribution in [0.3, 0.4) is 0 Å². The summed E-state index contributed by atoms with van der Waals surface area (Å²) < 4.78 is 11.8. The molecule has 9 nitrogen and oxygen atoms in total. The number of carbonyl (C=O) groups excluding carboxylic acids is 1. The van der Waals surface area contributed by atoms with Crippen LogP contribution in [0.2, 0.25) is 10.0 Å². The molecule has 1 heterocycles. The molecule has 0 spiro atoms. The molecule has 0 saturated carbocycles. The molecule has 3 aromatic rings. The number of benzene rings is 2. The standard InChI is InChI=1S/C21H18Cl2N4O5/c1-31-17-6-4-12(18(21(29)30)19(17)32-2)10-24-25-20(28)16-7-8-27(26-16)11-13-3-5-14(22)9-15(13)23/h3-10H,11H2,1-2H3,(H,25,28)(H,29,30). The molecular formula is C21H18Cl2N4O5. The SMILES string of the molecule is COc1ccc(C=NNC(=O)c2ccn(Cc3ccc(Cl)cc3Cl)n2)c(C(=O)O)c1OC. The molecule has 0 aliphatic carbocycles. The van der Waals surface area contributed by atoms with Crippen LogP contribution in [0.1, 0.15) is 32.0 Å². The van der Waals surface area contributed by atoms with Crippen LogP contribution in [0.4, 0.5) is 0 Å². The molecule has 0 unspecified atom stereocenters. The number of hydrogen-bond acceptors (Lipinski definition) is 6. The third-order valence-electron chi connectivity index (χ3n) is 4.38. The first-order valence-corrected chi connectivity index (χ1v) is 9.88. The van der Waals surface area contributed by atoms with E-state index in [1.807, 2.05) is 0 Å². The summed E-state index contributed by atoms with van der Waals surface area (Å²) in [6.45, 7) is 0.347. The number of nitrogens with zero attached hydrogens (tertiary/aromatic N) is 3. The van der Waals surface area contributed by atoms with Crippen molar-refractivity contribution in [3.05, 3.63) is 75.0 Å². The van der Waals surface area contributed by atoms with Crippen molar-refractivity contribution in [2.45, 2.75) is 6.54 Å². The topological polar surface area (TPSA) is 115 Å². The van der Waals surface area contributed by atoms with Gasteiger partial charge in [0.25, 0.3) is 5.91 Å². The molecule has 2 N–H and O–H groups in total. The Morgan fingerprint density at radius 3 is 2.62 bits per heavy atom. The summed E-state index contributed by atoms with van der Waals surface area (Å²) in [5, 5.41) is 18.6. The second-order valence-corrected chi connectivity index (χ2v) is 7.25. The number of amides is 1. The van der Waals surface area contributed by atoms with Gasteiger partial charge in [-0.3, -0.25) is 9.48 Å². The van der Waals surface area contributed by atoms with Crippen molar-refractivity contribution < 1.29 is 24.2 Å². The van der Waals surface area contributed by atoms with E-state index in [1.54, 1.807) is 29.1 Å².